The summed E-state index contributed by atoms with van der Waals surface area (Å²) in [5, 5.41) is 2.97. The first-order valence-electron chi connectivity index (χ1n) is 3.39. The molecule has 0 aliphatic carbocycles. The maximum atomic E-state index is 5.66. The lowest BCUT2D eigenvalue weighted by Crippen LogP contribution is -1.95. The highest BCUT2D eigenvalue weighted by atomic mass is 35.5. The van der Waals surface area contributed by atoms with Gasteiger partial charge >= 0.3 is 0 Å². The van der Waals surface area contributed by atoms with Crippen LogP contribution in [0.4, 0.5) is 11.4 Å². The molecule has 0 bridgehead atoms. The van der Waals surface area contributed by atoms with E-state index in [1.165, 1.54) is 0 Å². The van der Waals surface area contributed by atoms with Crippen molar-refractivity contribution in [2.75, 3.05) is 25.2 Å². The summed E-state index contributed by atoms with van der Waals surface area (Å²) in [6, 6.07) is 5.53. The quantitative estimate of drug-likeness (QED) is 0.758. The predicted molar refractivity (Wildman–Crippen MR) is 61.4 cm³/mol. The Labute approximate surface area is 90.5 Å². The zero-order valence-corrected chi connectivity index (χ0v) is 9.17. The number of halogens is 2. The number of ether oxygens (including phenoxy) is 1. The molecule has 76 valence electrons. The molecular formula is C8H14Cl2N2O. The van der Waals surface area contributed by atoms with Crippen molar-refractivity contribution >= 4 is 36.2 Å². The lowest BCUT2D eigenvalue weighted by molar-refractivity contribution is 0.415. The van der Waals surface area contributed by atoms with E-state index in [1.807, 2.05) is 19.2 Å². The number of nitrogens with two attached hydrogens (primary N) is 1. The molecule has 13 heavy (non-hydrogen) atoms. The lowest BCUT2D eigenvalue weighted by Gasteiger charge is -2.05. The minimum Gasteiger partial charge on any atom is -0.497 e. The van der Waals surface area contributed by atoms with Crippen molar-refractivity contribution in [1.82, 2.24) is 0 Å². The van der Waals surface area contributed by atoms with E-state index in [1.54, 1.807) is 13.2 Å². The predicted octanol–water partition coefficient (Wildman–Crippen LogP) is 2.16. The molecule has 0 aliphatic rings. The Kier molecular flexibility index (Phi) is 7.57. The molecule has 0 unspecified atom stereocenters. The number of hydrogen-bond donors (Lipinski definition) is 2. The third-order valence-corrected chi connectivity index (χ3v) is 1.53. The molecule has 0 saturated carbocycles. The third kappa shape index (κ3) is 3.61. The summed E-state index contributed by atoms with van der Waals surface area (Å²) in [5.41, 5.74) is 7.29. The van der Waals surface area contributed by atoms with Crippen molar-refractivity contribution in [3.8, 4) is 5.75 Å². The van der Waals surface area contributed by atoms with Gasteiger partial charge in [-0.2, -0.15) is 0 Å². The molecule has 3 N–H and O–H groups in total. The van der Waals surface area contributed by atoms with Crippen LogP contribution < -0.4 is 15.8 Å². The Morgan fingerprint density at radius 2 is 1.92 bits per heavy atom. The van der Waals surface area contributed by atoms with Crippen molar-refractivity contribution in [2.24, 2.45) is 0 Å². The Bertz CT molecular complexity index is 256. The topological polar surface area (TPSA) is 47.3 Å². The highest BCUT2D eigenvalue weighted by Crippen LogP contribution is 2.22. The summed E-state index contributed by atoms with van der Waals surface area (Å²) in [6.45, 7) is 0. The van der Waals surface area contributed by atoms with Gasteiger partial charge in [-0.3, -0.25) is 0 Å². The number of hydrogen-bond acceptors (Lipinski definition) is 3. The number of nitrogens with one attached hydrogen (secondary N) is 1. The SMILES string of the molecule is CNc1ccc(OC)cc1N.Cl.Cl. The van der Waals surface area contributed by atoms with E-state index in [0.29, 0.717) is 5.69 Å². The summed E-state index contributed by atoms with van der Waals surface area (Å²) in [4.78, 5) is 0. The van der Waals surface area contributed by atoms with Gasteiger partial charge in [0.05, 0.1) is 18.5 Å². The minimum atomic E-state index is 0. The van der Waals surface area contributed by atoms with Crippen molar-refractivity contribution in [3.05, 3.63) is 18.2 Å². The van der Waals surface area contributed by atoms with Crippen LogP contribution in [0.2, 0.25) is 0 Å². The summed E-state index contributed by atoms with van der Waals surface area (Å²) in [5.74, 6) is 0.779. The number of benzene rings is 1. The molecule has 0 atom stereocenters. The van der Waals surface area contributed by atoms with E-state index in [-0.39, 0.29) is 24.8 Å². The Balaban J connectivity index is 0. The van der Waals surface area contributed by atoms with Crippen LogP contribution in [-0.4, -0.2) is 14.2 Å². The first-order valence-corrected chi connectivity index (χ1v) is 3.39. The molecule has 0 amide bonds. The smallest absolute Gasteiger partial charge is 0.121 e. The van der Waals surface area contributed by atoms with Gasteiger partial charge in [0.2, 0.25) is 0 Å². The Morgan fingerprint density at radius 1 is 1.31 bits per heavy atom. The molecule has 1 rings (SSSR count). The second-order valence-electron chi connectivity index (χ2n) is 2.20. The van der Waals surface area contributed by atoms with Gasteiger partial charge in [0.15, 0.2) is 0 Å². The Hall–Kier alpha value is -0.800. The number of nitrogen functional groups attached to an aromatic ring is 1. The van der Waals surface area contributed by atoms with Crippen molar-refractivity contribution in [3.63, 3.8) is 0 Å². The third-order valence-electron chi connectivity index (χ3n) is 1.53. The highest BCUT2D eigenvalue weighted by molar-refractivity contribution is 5.85. The molecular weight excluding hydrogens is 211 g/mol. The fourth-order valence-corrected chi connectivity index (χ4v) is 0.895. The fourth-order valence-electron chi connectivity index (χ4n) is 0.895. The molecule has 0 fully saturated rings. The van der Waals surface area contributed by atoms with Crippen LogP contribution in [0.5, 0.6) is 5.75 Å². The van der Waals surface area contributed by atoms with Gasteiger partial charge in [0, 0.05) is 13.1 Å². The van der Waals surface area contributed by atoms with Crippen LogP contribution in [0.3, 0.4) is 0 Å². The molecule has 5 heteroatoms. The monoisotopic (exact) mass is 224 g/mol. The molecule has 3 nitrogen and oxygen atoms in total. The summed E-state index contributed by atoms with van der Waals surface area (Å²) < 4.78 is 4.99. The first kappa shape index (κ1) is 14.7. The molecule has 0 spiro atoms. The van der Waals surface area contributed by atoms with Crippen LogP contribution >= 0.6 is 24.8 Å². The standard InChI is InChI=1S/C8H12N2O.2ClH/c1-10-8-4-3-6(11-2)5-7(8)9;;/h3-5,10H,9H2,1-2H3;2*1H. The van der Waals surface area contributed by atoms with E-state index in [4.69, 9.17) is 10.5 Å². The number of methoxy groups -OCH3 is 1. The average molecular weight is 225 g/mol. The summed E-state index contributed by atoms with van der Waals surface area (Å²) >= 11 is 0. The second kappa shape index (κ2) is 6.69. The van der Waals surface area contributed by atoms with Gasteiger partial charge in [-0.15, -0.1) is 24.8 Å². The first-order chi connectivity index (χ1) is 5.27. The molecule has 0 heterocycles. The largest absolute Gasteiger partial charge is 0.497 e. The van der Waals surface area contributed by atoms with E-state index in [2.05, 4.69) is 5.32 Å². The van der Waals surface area contributed by atoms with Crippen molar-refractivity contribution in [1.29, 1.82) is 0 Å². The zero-order valence-electron chi connectivity index (χ0n) is 7.53. The molecule has 0 saturated heterocycles. The van der Waals surface area contributed by atoms with Crippen LogP contribution in [0.1, 0.15) is 0 Å². The highest BCUT2D eigenvalue weighted by Gasteiger charge is 1.96. The van der Waals surface area contributed by atoms with Gasteiger partial charge < -0.3 is 15.8 Å². The lowest BCUT2D eigenvalue weighted by atomic mass is 10.2. The van der Waals surface area contributed by atoms with Crippen molar-refractivity contribution in [2.45, 2.75) is 0 Å². The molecule has 1 aromatic carbocycles. The van der Waals surface area contributed by atoms with E-state index in [0.717, 1.165) is 11.4 Å². The van der Waals surface area contributed by atoms with E-state index in [9.17, 15) is 0 Å². The van der Waals surface area contributed by atoms with Gasteiger partial charge in [0.1, 0.15) is 5.75 Å². The van der Waals surface area contributed by atoms with Gasteiger partial charge in [0.25, 0.3) is 0 Å². The van der Waals surface area contributed by atoms with E-state index < -0.39 is 0 Å². The fraction of sp³-hybridized carbons (Fsp3) is 0.250. The summed E-state index contributed by atoms with van der Waals surface area (Å²) in [6.07, 6.45) is 0. The number of rotatable bonds is 2. The maximum Gasteiger partial charge on any atom is 0.121 e. The molecule has 0 aliphatic heterocycles. The minimum absolute atomic E-state index is 0. The molecule has 0 aromatic heterocycles. The number of anilines is 2. The summed E-state index contributed by atoms with van der Waals surface area (Å²) in [7, 11) is 3.45. The van der Waals surface area contributed by atoms with Crippen LogP contribution in [0.15, 0.2) is 18.2 Å². The zero-order chi connectivity index (χ0) is 8.27. The van der Waals surface area contributed by atoms with Gasteiger partial charge in [-0.25, -0.2) is 0 Å². The van der Waals surface area contributed by atoms with E-state index >= 15 is 0 Å². The second-order valence-corrected chi connectivity index (χ2v) is 2.20. The molecule has 1 aromatic rings. The van der Waals surface area contributed by atoms with Crippen LogP contribution in [0, 0.1) is 0 Å². The average Bonchev–Trinajstić information content (AvgIpc) is 2.04. The van der Waals surface area contributed by atoms with Crippen LogP contribution in [0.25, 0.3) is 0 Å². The Morgan fingerprint density at radius 3 is 2.31 bits per heavy atom. The van der Waals surface area contributed by atoms with Gasteiger partial charge in [-0.05, 0) is 12.1 Å². The maximum absolute atomic E-state index is 5.66. The van der Waals surface area contributed by atoms with Crippen molar-refractivity contribution < 1.29 is 4.74 Å². The van der Waals surface area contributed by atoms with Gasteiger partial charge in [-0.1, -0.05) is 0 Å². The molecule has 0 radical (unpaired) electrons. The van der Waals surface area contributed by atoms with Crippen LogP contribution in [-0.2, 0) is 0 Å². The normalized spacial score (nSPS) is 7.85.